The average Bonchev–Trinajstić information content (AvgIpc) is 2.76. The second kappa shape index (κ2) is 5.59. The van der Waals surface area contributed by atoms with Gasteiger partial charge in [0.1, 0.15) is 5.75 Å². The third-order valence-corrected chi connectivity index (χ3v) is 2.57. The molecule has 2 N–H and O–H groups in total. The van der Waals surface area contributed by atoms with Gasteiger partial charge in [0.05, 0.1) is 13.7 Å². The molecule has 1 aromatic heterocycles. The number of aromatic nitrogens is 4. The summed E-state index contributed by atoms with van der Waals surface area (Å²) in [4.78, 5) is 1.43. The predicted molar refractivity (Wildman–Crippen MR) is 67.0 cm³/mol. The van der Waals surface area contributed by atoms with Crippen LogP contribution in [0.2, 0.25) is 0 Å². The van der Waals surface area contributed by atoms with Crippen molar-refractivity contribution >= 4 is 0 Å². The van der Waals surface area contributed by atoms with Crippen LogP contribution < -0.4 is 10.5 Å². The SMILES string of the molecule is CCOc1ccccc1C(N)Cc1nnn(C)n1. The summed E-state index contributed by atoms with van der Waals surface area (Å²) in [7, 11) is 1.73. The molecule has 0 aliphatic heterocycles. The van der Waals surface area contributed by atoms with Crippen molar-refractivity contribution in [2.45, 2.75) is 19.4 Å². The fourth-order valence-electron chi connectivity index (χ4n) is 1.79. The summed E-state index contributed by atoms with van der Waals surface area (Å²) >= 11 is 0. The van der Waals surface area contributed by atoms with Gasteiger partial charge < -0.3 is 10.5 Å². The molecule has 0 aliphatic rings. The van der Waals surface area contributed by atoms with Crippen LogP contribution in [0.5, 0.6) is 5.75 Å². The van der Waals surface area contributed by atoms with Crippen molar-refractivity contribution in [3.63, 3.8) is 0 Å². The van der Waals surface area contributed by atoms with Crippen molar-refractivity contribution in [2.24, 2.45) is 12.8 Å². The van der Waals surface area contributed by atoms with E-state index >= 15 is 0 Å². The van der Waals surface area contributed by atoms with Gasteiger partial charge in [-0.2, -0.15) is 4.80 Å². The zero-order valence-electron chi connectivity index (χ0n) is 10.6. The van der Waals surface area contributed by atoms with Crippen LogP contribution in [-0.4, -0.2) is 26.8 Å². The number of benzene rings is 1. The summed E-state index contributed by atoms with van der Waals surface area (Å²) in [5.74, 6) is 1.45. The first-order valence-corrected chi connectivity index (χ1v) is 5.91. The zero-order chi connectivity index (χ0) is 13.0. The molecule has 0 bridgehead atoms. The molecule has 0 fully saturated rings. The minimum atomic E-state index is -0.197. The number of hydrogen-bond donors (Lipinski definition) is 1. The van der Waals surface area contributed by atoms with Crippen LogP contribution in [0.25, 0.3) is 0 Å². The lowest BCUT2D eigenvalue weighted by atomic mass is 10.0. The number of para-hydroxylation sites is 1. The smallest absolute Gasteiger partial charge is 0.176 e. The predicted octanol–water partition coefficient (Wildman–Crippen LogP) is 0.851. The second-order valence-electron chi connectivity index (χ2n) is 3.98. The van der Waals surface area contributed by atoms with Gasteiger partial charge in [-0.15, -0.1) is 10.2 Å². The van der Waals surface area contributed by atoms with E-state index in [1.807, 2.05) is 31.2 Å². The highest BCUT2D eigenvalue weighted by Crippen LogP contribution is 2.25. The highest BCUT2D eigenvalue weighted by atomic mass is 16.5. The molecule has 1 aromatic carbocycles. The number of rotatable bonds is 5. The van der Waals surface area contributed by atoms with E-state index in [1.54, 1.807) is 7.05 Å². The van der Waals surface area contributed by atoms with Gasteiger partial charge in [-0.05, 0) is 18.2 Å². The van der Waals surface area contributed by atoms with Gasteiger partial charge in [-0.25, -0.2) is 0 Å². The van der Waals surface area contributed by atoms with Crippen LogP contribution in [0.4, 0.5) is 0 Å². The Kier molecular flexibility index (Phi) is 3.88. The Morgan fingerprint density at radius 1 is 1.39 bits per heavy atom. The van der Waals surface area contributed by atoms with E-state index in [0.29, 0.717) is 18.9 Å². The average molecular weight is 247 g/mol. The van der Waals surface area contributed by atoms with E-state index < -0.39 is 0 Å². The van der Waals surface area contributed by atoms with Gasteiger partial charge in [0.2, 0.25) is 0 Å². The number of tetrazole rings is 1. The van der Waals surface area contributed by atoms with E-state index in [-0.39, 0.29) is 6.04 Å². The molecule has 0 saturated heterocycles. The third-order valence-electron chi connectivity index (χ3n) is 2.57. The Balaban J connectivity index is 2.15. The molecule has 1 heterocycles. The molecule has 0 amide bonds. The normalized spacial score (nSPS) is 12.4. The molecule has 1 atom stereocenters. The van der Waals surface area contributed by atoms with Crippen LogP contribution >= 0.6 is 0 Å². The summed E-state index contributed by atoms with van der Waals surface area (Å²) < 4.78 is 5.56. The summed E-state index contributed by atoms with van der Waals surface area (Å²) in [6, 6.07) is 7.57. The lowest BCUT2D eigenvalue weighted by molar-refractivity contribution is 0.334. The highest BCUT2D eigenvalue weighted by Gasteiger charge is 2.14. The first kappa shape index (κ1) is 12.5. The molecule has 1 unspecified atom stereocenters. The first-order chi connectivity index (χ1) is 8.70. The van der Waals surface area contributed by atoms with Crippen LogP contribution in [0.3, 0.4) is 0 Å². The Morgan fingerprint density at radius 2 is 2.17 bits per heavy atom. The maximum Gasteiger partial charge on any atom is 0.176 e. The van der Waals surface area contributed by atoms with Crippen LogP contribution in [-0.2, 0) is 13.5 Å². The molecule has 6 heteroatoms. The fraction of sp³-hybridized carbons (Fsp3) is 0.417. The number of nitrogens with two attached hydrogens (primary N) is 1. The van der Waals surface area contributed by atoms with Crippen molar-refractivity contribution in [2.75, 3.05) is 6.61 Å². The molecule has 96 valence electrons. The molecular formula is C12H17N5O. The quantitative estimate of drug-likeness (QED) is 0.847. The van der Waals surface area contributed by atoms with Crippen molar-refractivity contribution in [1.29, 1.82) is 0 Å². The molecule has 18 heavy (non-hydrogen) atoms. The summed E-state index contributed by atoms with van der Waals surface area (Å²) in [6.07, 6.45) is 0.540. The Hall–Kier alpha value is -1.95. The Labute approximate surface area is 106 Å². The monoisotopic (exact) mass is 247 g/mol. The fourth-order valence-corrected chi connectivity index (χ4v) is 1.79. The molecule has 2 rings (SSSR count). The highest BCUT2D eigenvalue weighted by molar-refractivity contribution is 5.36. The second-order valence-corrected chi connectivity index (χ2v) is 3.98. The largest absolute Gasteiger partial charge is 0.494 e. The topological polar surface area (TPSA) is 78.9 Å². The van der Waals surface area contributed by atoms with Gasteiger partial charge in [0.25, 0.3) is 0 Å². The van der Waals surface area contributed by atoms with Gasteiger partial charge in [-0.3, -0.25) is 0 Å². The van der Waals surface area contributed by atoms with Gasteiger partial charge >= 0.3 is 0 Å². The lowest BCUT2D eigenvalue weighted by Gasteiger charge is -2.14. The van der Waals surface area contributed by atoms with E-state index in [2.05, 4.69) is 15.4 Å². The number of ether oxygens (including phenoxy) is 1. The Morgan fingerprint density at radius 3 is 2.83 bits per heavy atom. The summed E-state index contributed by atoms with van der Waals surface area (Å²) in [5, 5.41) is 11.9. The van der Waals surface area contributed by atoms with Gasteiger partial charge in [0.15, 0.2) is 5.82 Å². The van der Waals surface area contributed by atoms with E-state index in [9.17, 15) is 0 Å². The van der Waals surface area contributed by atoms with Crippen LogP contribution in [0, 0.1) is 0 Å². The van der Waals surface area contributed by atoms with Crippen molar-refractivity contribution in [1.82, 2.24) is 20.2 Å². The maximum absolute atomic E-state index is 6.17. The number of nitrogens with zero attached hydrogens (tertiary/aromatic N) is 4. The molecule has 0 saturated carbocycles. The van der Waals surface area contributed by atoms with E-state index in [1.165, 1.54) is 4.80 Å². The third kappa shape index (κ3) is 2.84. The molecule has 2 aromatic rings. The van der Waals surface area contributed by atoms with Crippen molar-refractivity contribution < 1.29 is 4.74 Å². The zero-order valence-corrected chi connectivity index (χ0v) is 10.6. The van der Waals surface area contributed by atoms with Crippen LogP contribution in [0.1, 0.15) is 24.4 Å². The maximum atomic E-state index is 6.17. The molecule has 0 radical (unpaired) electrons. The van der Waals surface area contributed by atoms with Gasteiger partial charge in [0, 0.05) is 18.0 Å². The molecule has 6 nitrogen and oxygen atoms in total. The minimum absolute atomic E-state index is 0.197. The first-order valence-electron chi connectivity index (χ1n) is 5.91. The van der Waals surface area contributed by atoms with E-state index in [4.69, 9.17) is 10.5 Å². The standard InChI is InChI=1S/C12H17N5O/c1-3-18-11-7-5-4-6-9(11)10(13)8-12-14-16-17(2)15-12/h4-7,10H,3,8,13H2,1-2H3. The van der Waals surface area contributed by atoms with Crippen molar-refractivity contribution in [3.05, 3.63) is 35.7 Å². The molecule has 0 aliphatic carbocycles. The van der Waals surface area contributed by atoms with Crippen LogP contribution in [0.15, 0.2) is 24.3 Å². The lowest BCUT2D eigenvalue weighted by Crippen LogP contribution is -2.15. The molecular weight excluding hydrogens is 230 g/mol. The van der Waals surface area contributed by atoms with E-state index in [0.717, 1.165) is 11.3 Å². The summed E-state index contributed by atoms with van der Waals surface area (Å²) in [5.41, 5.74) is 7.13. The van der Waals surface area contributed by atoms with Gasteiger partial charge in [-0.1, -0.05) is 18.2 Å². The minimum Gasteiger partial charge on any atom is -0.494 e. The summed E-state index contributed by atoms with van der Waals surface area (Å²) in [6.45, 7) is 2.57. The molecule has 0 spiro atoms. The number of aryl methyl sites for hydroxylation is 1. The Bertz CT molecular complexity index is 511. The van der Waals surface area contributed by atoms with Crippen molar-refractivity contribution in [3.8, 4) is 5.75 Å². The number of hydrogen-bond acceptors (Lipinski definition) is 5.